The summed E-state index contributed by atoms with van der Waals surface area (Å²) in [5.41, 5.74) is 0.779. The van der Waals surface area contributed by atoms with Crippen molar-refractivity contribution in [3.63, 3.8) is 0 Å². The van der Waals surface area contributed by atoms with Gasteiger partial charge >= 0.3 is 0 Å². The fourth-order valence-corrected chi connectivity index (χ4v) is 8.35. The van der Waals surface area contributed by atoms with Crippen molar-refractivity contribution in [3.8, 4) is 0 Å². The van der Waals surface area contributed by atoms with Gasteiger partial charge in [-0.3, -0.25) is 4.79 Å². The van der Waals surface area contributed by atoms with Crippen molar-refractivity contribution >= 4 is 5.78 Å². The van der Waals surface area contributed by atoms with Gasteiger partial charge in [-0.05, 0) is 106 Å². The van der Waals surface area contributed by atoms with Crippen LogP contribution in [0.3, 0.4) is 0 Å². The molecule has 142 valence electrons. The van der Waals surface area contributed by atoms with E-state index in [1.165, 1.54) is 51.4 Å². The topological polar surface area (TPSA) is 26.3 Å². The van der Waals surface area contributed by atoms with E-state index in [0.717, 1.165) is 36.7 Å². The van der Waals surface area contributed by atoms with Gasteiger partial charge < -0.3 is 4.74 Å². The van der Waals surface area contributed by atoms with Crippen LogP contribution < -0.4 is 0 Å². The second-order valence-electron chi connectivity index (χ2n) is 10.3. The quantitative estimate of drug-likeness (QED) is 0.661. The van der Waals surface area contributed by atoms with E-state index in [0.29, 0.717) is 28.6 Å². The summed E-state index contributed by atoms with van der Waals surface area (Å²) in [5.74, 6) is 4.25. The molecule has 4 aliphatic rings. The molecular weight excluding hydrogens is 308 g/mol. The minimum atomic E-state index is 0.296. The van der Waals surface area contributed by atoms with Crippen molar-refractivity contribution < 1.29 is 9.53 Å². The molecule has 4 saturated carbocycles. The summed E-state index contributed by atoms with van der Waals surface area (Å²) in [4.78, 5) is 12.3. The molecule has 0 spiro atoms. The Hall–Kier alpha value is -0.370. The largest absolute Gasteiger partial charge is 0.378 e. The number of carbonyl (C=O) groups excluding carboxylic acids is 1. The summed E-state index contributed by atoms with van der Waals surface area (Å²) in [7, 11) is 0. The number of carbonyl (C=O) groups is 1. The minimum absolute atomic E-state index is 0.296. The molecule has 2 heteroatoms. The van der Waals surface area contributed by atoms with Crippen molar-refractivity contribution in [3.05, 3.63) is 0 Å². The summed E-state index contributed by atoms with van der Waals surface area (Å²) >= 11 is 0. The molecular formula is C23H38O2. The molecule has 0 aromatic carbocycles. The van der Waals surface area contributed by atoms with Gasteiger partial charge in [0.25, 0.3) is 0 Å². The first-order valence-electron chi connectivity index (χ1n) is 11.0. The van der Waals surface area contributed by atoms with Gasteiger partial charge in [-0.1, -0.05) is 13.8 Å². The molecule has 4 aliphatic carbocycles. The van der Waals surface area contributed by atoms with Crippen LogP contribution in [-0.4, -0.2) is 18.5 Å². The fraction of sp³-hybridized carbons (Fsp3) is 0.957. The van der Waals surface area contributed by atoms with Crippen LogP contribution in [0.1, 0.15) is 85.5 Å². The van der Waals surface area contributed by atoms with Crippen molar-refractivity contribution in [1.82, 2.24) is 0 Å². The highest BCUT2D eigenvalue weighted by Crippen LogP contribution is 2.67. The third-order valence-electron chi connectivity index (χ3n) is 9.46. The zero-order valence-electron chi connectivity index (χ0n) is 16.9. The van der Waals surface area contributed by atoms with Crippen LogP contribution in [-0.2, 0) is 9.53 Å². The van der Waals surface area contributed by atoms with Gasteiger partial charge in [0.15, 0.2) is 0 Å². The first kappa shape index (κ1) is 18.0. The van der Waals surface area contributed by atoms with Crippen LogP contribution >= 0.6 is 0 Å². The van der Waals surface area contributed by atoms with Crippen molar-refractivity contribution in [2.75, 3.05) is 6.61 Å². The predicted molar refractivity (Wildman–Crippen MR) is 101 cm³/mol. The first-order chi connectivity index (χ1) is 11.9. The normalized spacial score (nSPS) is 52.2. The highest BCUT2D eigenvalue weighted by atomic mass is 16.5. The molecule has 0 aromatic heterocycles. The maximum Gasteiger partial charge on any atom is 0.133 e. The third-order valence-corrected chi connectivity index (χ3v) is 9.46. The number of ether oxygens (including phenoxy) is 1. The van der Waals surface area contributed by atoms with Crippen LogP contribution in [0, 0.1) is 40.4 Å². The average molecular weight is 347 g/mol. The third kappa shape index (κ3) is 2.65. The summed E-state index contributed by atoms with van der Waals surface area (Å²) < 4.78 is 6.09. The Balaban J connectivity index is 1.59. The molecule has 0 aliphatic heterocycles. The number of hydrogen-bond donors (Lipinski definition) is 0. The zero-order valence-corrected chi connectivity index (χ0v) is 16.9. The Bertz CT molecular complexity index is 528. The fourth-order valence-electron chi connectivity index (χ4n) is 8.35. The number of hydrogen-bond acceptors (Lipinski definition) is 2. The lowest BCUT2D eigenvalue weighted by Gasteiger charge is -2.61. The second-order valence-corrected chi connectivity index (χ2v) is 10.3. The van der Waals surface area contributed by atoms with E-state index in [1.54, 1.807) is 0 Å². The predicted octanol–water partition coefficient (Wildman–Crippen LogP) is 5.64. The Morgan fingerprint density at radius 3 is 2.40 bits per heavy atom. The maximum atomic E-state index is 12.3. The second kappa shape index (κ2) is 6.36. The van der Waals surface area contributed by atoms with E-state index in [9.17, 15) is 4.79 Å². The van der Waals surface area contributed by atoms with E-state index >= 15 is 0 Å². The highest BCUT2D eigenvalue weighted by Gasteiger charge is 2.60. The average Bonchev–Trinajstić information content (AvgIpc) is 2.92. The molecule has 8 atom stereocenters. The molecule has 0 amide bonds. The smallest absolute Gasteiger partial charge is 0.133 e. The van der Waals surface area contributed by atoms with Gasteiger partial charge in [0, 0.05) is 12.5 Å². The van der Waals surface area contributed by atoms with Crippen molar-refractivity contribution in [1.29, 1.82) is 0 Å². The number of ketones is 1. The summed E-state index contributed by atoms with van der Waals surface area (Å²) in [6.07, 6.45) is 12.4. The molecule has 0 bridgehead atoms. The Labute approximate surface area is 154 Å². The van der Waals surface area contributed by atoms with Gasteiger partial charge in [0.05, 0.1) is 6.10 Å². The van der Waals surface area contributed by atoms with Gasteiger partial charge in [-0.2, -0.15) is 0 Å². The Morgan fingerprint density at radius 2 is 1.68 bits per heavy atom. The molecule has 0 N–H and O–H groups in total. The maximum absolute atomic E-state index is 12.3. The van der Waals surface area contributed by atoms with Crippen LogP contribution in [0.25, 0.3) is 0 Å². The van der Waals surface area contributed by atoms with Crippen LogP contribution in [0.4, 0.5) is 0 Å². The first-order valence-corrected chi connectivity index (χ1v) is 11.0. The molecule has 0 heterocycles. The molecule has 2 nitrogen and oxygen atoms in total. The molecule has 8 unspecified atom stereocenters. The van der Waals surface area contributed by atoms with Crippen molar-refractivity contribution in [2.45, 2.75) is 91.6 Å². The van der Waals surface area contributed by atoms with E-state index in [2.05, 4.69) is 20.8 Å². The summed E-state index contributed by atoms with van der Waals surface area (Å²) in [6, 6.07) is 0. The SMILES string of the molecule is CCOC1CCC2CCC3C(CCC4(C)C(C(C)=O)CCC34)C2(C)C1. The molecule has 0 aromatic rings. The molecule has 4 rings (SSSR count). The number of fused-ring (bicyclic) bond motifs is 5. The lowest BCUT2D eigenvalue weighted by molar-refractivity contribution is -0.144. The molecule has 0 saturated heterocycles. The van der Waals surface area contributed by atoms with Gasteiger partial charge in [0.2, 0.25) is 0 Å². The van der Waals surface area contributed by atoms with E-state index in [1.807, 2.05) is 6.92 Å². The van der Waals surface area contributed by atoms with Gasteiger partial charge in [-0.15, -0.1) is 0 Å². The van der Waals surface area contributed by atoms with Crippen LogP contribution in [0.15, 0.2) is 0 Å². The van der Waals surface area contributed by atoms with Gasteiger partial charge in [-0.25, -0.2) is 0 Å². The Morgan fingerprint density at radius 1 is 0.960 bits per heavy atom. The van der Waals surface area contributed by atoms with Crippen LogP contribution in [0.2, 0.25) is 0 Å². The number of Topliss-reactive ketones (excluding diaryl/α,β-unsaturated/α-hetero) is 1. The number of rotatable bonds is 3. The van der Waals surface area contributed by atoms with E-state index in [4.69, 9.17) is 4.74 Å². The zero-order chi connectivity index (χ0) is 17.8. The monoisotopic (exact) mass is 346 g/mol. The lowest BCUT2D eigenvalue weighted by Crippen LogP contribution is -2.54. The molecule has 4 fully saturated rings. The van der Waals surface area contributed by atoms with Crippen molar-refractivity contribution in [2.24, 2.45) is 40.4 Å². The molecule has 0 radical (unpaired) electrons. The van der Waals surface area contributed by atoms with Crippen LogP contribution in [0.5, 0.6) is 0 Å². The van der Waals surface area contributed by atoms with Gasteiger partial charge in [0.1, 0.15) is 5.78 Å². The lowest BCUT2D eigenvalue weighted by atomic mass is 9.44. The summed E-state index contributed by atoms with van der Waals surface area (Å²) in [5, 5.41) is 0. The van der Waals surface area contributed by atoms with E-state index in [-0.39, 0.29) is 0 Å². The Kier molecular flexibility index (Phi) is 4.58. The summed E-state index contributed by atoms with van der Waals surface area (Å²) in [6.45, 7) is 9.92. The standard InChI is InChI=1S/C23H38O2/c1-5-25-17-8-6-16-7-9-18-20-11-10-19(15(2)24)22(20,3)13-12-21(18)23(16,4)14-17/h16-21H,5-14H2,1-4H3. The molecule has 25 heavy (non-hydrogen) atoms. The minimum Gasteiger partial charge on any atom is -0.378 e. The van der Waals surface area contributed by atoms with E-state index < -0.39 is 0 Å². The highest BCUT2D eigenvalue weighted by molar-refractivity contribution is 5.79.